The molecule has 4 aromatic rings. The lowest BCUT2D eigenvalue weighted by Gasteiger charge is -2.35. The van der Waals surface area contributed by atoms with Gasteiger partial charge >= 0.3 is 6.09 Å². The summed E-state index contributed by atoms with van der Waals surface area (Å²) >= 11 is 0. The summed E-state index contributed by atoms with van der Waals surface area (Å²) in [7, 11) is 1.32. The number of amides is 2. The molecule has 13 heteroatoms. The van der Waals surface area contributed by atoms with Crippen LogP contribution < -0.4 is 10.2 Å². The molecule has 6 rings (SSSR count). The highest BCUT2D eigenvalue weighted by Gasteiger charge is 2.35. The fraction of sp³-hybridized carbons (Fsp3) is 0.346. The van der Waals surface area contributed by atoms with Crippen LogP contribution in [-0.2, 0) is 9.47 Å². The second-order valence-corrected chi connectivity index (χ2v) is 9.47. The summed E-state index contributed by atoms with van der Waals surface area (Å²) in [5.41, 5.74) is 2.75. The van der Waals surface area contributed by atoms with E-state index in [0.29, 0.717) is 49.0 Å². The number of carbonyl (C=O) groups excluding carboxylic acids is 2. The molecule has 1 N–H and O–H groups in total. The third-order valence-electron chi connectivity index (χ3n) is 7.06. The van der Waals surface area contributed by atoms with Gasteiger partial charge in [-0.3, -0.25) is 9.20 Å². The molecular weight excluding hydrogens is 509 g/mol. The highest BCUT2D eigenvalue weighted by molar-refractivity contribution is 6.04. The predicted octanol–water partition coefficient (Wildman–Crippen LogP) is 3.09. The van der Waals surface area contributed by atoms with Crippen molar-refractivity contribution in [1.82, 2.24) is 24.4 Å². The zero-order valence-corrected chi connectivity index (χ0v) is 21.4. The number of imidazole rings is 1. The molecule has 0 unspecified atom stereocenters. The van der Waals surface area contributed by atoms with Gasteiger partial charge in [0.1, 0.15) is 17.2 Å². The number of benzene rings is 1. The normalized spacial score (nSPS) is 15.9. The summed E-state index contributed by atoms with van der Waals surface area (Å²) in [5, 5.41) is 6.81. The first kappa shape index (κ1) is 24.8. The molecule has 0 spiro atoms. The van der Waals surface area contributed by atoms with Gasteiger partial charge in [-0.15, -0.1) is 0 Å². The molecule has 5 heterocycles. The van der Waals surface area contributed by atoms with Gasteiger partial charge in [-0.2, -0.15) is 4.98 Å². The fourth-order valence-corrected chi connectivity index (χ4v) is 4.70. The van der Waals surface area contributed by atoms with Crippen molar-refractivity contribution in [3.05, 3.63) is 59.6 Å². The van der Waals surface area contributed by atoms with E-state index < -0.39 is 17.8 Å². The second kappa shape index (κ2) is 9.98. The summed E-state index contributed by atoms with van der Waals surface area (Å²) in [6.45, 7) is 5.19. The Balaban J connectivity index is 1.23. The fourth-order valence-electron chi connectivity index (χ4n) is 4.70. The predicted molar refractivity (Wildman–Crippen MR) is 137 cm³/mol. The molecule has 1 aromatic carbocycles. The van der Waals surface area contributed by atoms with Gasteiger partial charge in [0.25, 0.3) is 11.8 Å². The molecule has 0 atom stereocenters. The Morgan fingerprint density at radius 3 is 2.74 bits per heavy atom. The van der Waals surface area contributed by atoms with Crippen LogP contribution in [0.25, 0.3) is 17.1 Å². The van der Waals surface area contributed by atoms with Crippen molar-refractivity contribution in [2.75, 3.05) is 56.7 Å². The number of hydrogen-bond donors (Lipinski definition) is 1. The van der Waals surface area contributed by atoms with Gasteiger partial charge in [0.05, 0.1) is 38.1 Å². The topological polar surface area (TPSA) is 127 Å². The Bertz CT molecular complexity index is 1560. The first-order chi connectivity index (χ1) is 18.9. The van der Waals surface area contributed by atoms with Crippen molar-refractivity contribution in [2.24, 2.45) is 0 Å². The second-order valence-electron chi connectivity index (χ2n) is 9.47. The average Bonchev–Trinajstić information content (AvgIpc) is 3.58. The average molecular weight is 536 g/mol. The van der Waals surface area contributed by atoms with Crippen molar-refractivity contribution in [1.29, 1.82) is 0 Å². The summed E-state index contributed by atoms with van der Waals surface area (Å²) in [5.74, 6) is -0.548. The van der Waals surface area contributed by atoms with E-state index in [1.807, 2.05) is 18.3 Å². The number of morpholine rings is 1. The van der Waals surface area contributed by atoms with Gasteiger partial charge in [-0.05, 0) is 31.2 Å². The van der Waals surface area contributed by atoms with Crippen molar-refractivity contribution < 1.29 is 28.0 Å². The third kappa shape index (κ3) is 4.65. The Hall–Kier alpha value is -4.52. The molecule has 2 fully saturated rings. The van der Waals surface area contributed by atoms with E-state index in [0.717, 1.165) is 18.8 Å². The lowest BCUT2D eigenvalue weighted by molar-refractivity contribution is 0.0857. The van der Waals surface area contributed by atoms with Crippen LogP contribution in [0, 0.1) is 12.7 Å². The minimum Gasteiger partial charge on any atom is -0.453 e. The molecule has 2 aliphatic rings. The van der Waals surface area contributed by atoms with Crippen LogP contribution in [0.15, 0.2) is 41.2 Å². The largest absolute Gasteiger partial charge is 0.453 e. The standard InChI is InChI=1S/C26H26FN7O5/c1-15-19(27)9-16(25-30-23(31-39-25)17-12-33(13-17)26(36)37-2)10-20(15)29-24(35)21-11-28-22-4-3-18(14-34(21)22)32-5-7-38-8-6-32/h3-4,9-11,14,17H,5-8,12-13H2,1-2H3,(H,29,35). The molecule has 2 saturated heterocycles. The minimum atomic E-state index is -0.532. The molecule has 0 bridgehead atoms. The van der Waals surface area contributed by atoms with Crippen molar-refractivity contribution in [2.45, 2.75) is 12.8 Å². The summed E-state index contributed by atoms with van der Waals surface area (Å²) in [6, 6.07) is 6.70. The number of methoxy groups -OCH3 is 1. The van der Waals surface area contributed by atoms with E-state index in [1.165, 1.54) is 24.3 Å². The molecule has 0 saturated carbocycles. The highest BCUT2D eigenvalue weighted by atomic mass is 19.1. The van der Waals surface area contributed by atoms with E-state index in [9.17, 15) is 14.0 Å². The number of carbonyl (C=O) groups is 2. The molecule has 2 amide bonds. The summed E-state index contributed by atoms with van der Waals surface area (Å²) in [4.78, 5) is 37.3. The molecule has 0 radical (unpaired) electrons. The quantitative estimate of drug-likeness (QED) is 0.410. The number of ether oxygens (including phenoxy) is 2. The van der Waals surface area contributed by atoms with E-state index in [2.05, 4.69) is 25.3 Å². The number of likely N-dealkylation sites (tertiary alicyclic amines) is 1. The molecule has 12 nitrogen and oxygen atoms in total. The lowest BCUT2D eigenvalue weighted by atomic mass is 10.0. The Kier molecular flexibility index (Phi) is 6.35. The van der Waals surface area contributed by atoms with Crippen LogP contribution in [-0.4, -0.2) is 82.9 Å². The Morgan fingerprint density at radius 2 is 1.97 bits per heavy atom. The van der Waals surface area contributed by atoms with Crippen molar-refractivity contribution in [3.8, 4) is 11.5 Å². The smallest absolute Gasteiger partial charge is 0.409 e. The van der Waals surface area contributed by atoms with E-state index in [-0.39, 0.29) is 23.1 Å². The first-order valence-electron chi connectivity index (χ1n) is 12.5. The number of hydrogen-bond acceptors (Lipinski definition) is 9. The SMILES string of the molecule is COC(=O)N1CC(c2noc(-c3cc(F)c(C)c(NC(=O)c4cnc5ccc(N6CCOCC6)cn45)c3)n2)C1. The zero-order chi connectivity index (χ0) is 27.1. The number of fused-ring (bicyclic) bond motifs is 1. The van der Waals surface area contributed by atoms with Gasteiger partial charge in [0.2, 0.25) is 0 Å². The molecule has 39 heavy (non-hydrogen) atoms. The monoisotopic (exact) mass is 535 g/mol. The van der Waals surface area contributed by atoms with E-state index >= 15 is 0 Å². The van der Waals surface area contributed by atoms with Crippen molar-refractivity contribution in [3.63, 3.8) is 0 Å². The Labute approximate surface area is 222 Å². The lowest BCUT2D eigenvalue weighted by Crippen LogP contribution is -2.48. The first-order valence-corrected chi connectivity index (χ1v) is 12.5. The number of rotatable bonds is 5. The number of anilines is 2. The van der Waals surface area contributed by atoms with Crippen LogP contribution in [0.4, 0.5) is 20.6 Å². The molecule has 202 valence electrons. The molecule has 3 aromatic heterocycles. The van der Waals surface area contributed by atoms with Gasteiger partial charge in [-0.1, -0.05) is 5.16 Å². The van der Waals surface area contributed by atoms with Gasteiger partial charge < -0.3 is 29.1 Å². The van der Waals surface area contributed by atoms with Crippen molar-refractivity contribution >= 4 is 29.0 Å². The molecular formula is C26H26FN7O5. The number of nitrogens with zero attached hydrogens (tertiary/aromatic N) is 6. The maximum atomic E-state index is 14.9. The van der Waals surface area contributed by atoms with Crippen LogP contribution >= 0.6 is 0 Å². The number of nitrogens with one attached hydrogen (secondary N) is 1. The van der Waals surface area contributed by atoms with Crippen LogP contribution in [0.3, 0.4) is 0 Å². The highest BCUT2D eigenvalue weighted by Crippen LogP contribution is 2.31. The van der Waals surface area contributed by atoms with E-state index in [1.54, 1.807) is 17.4 Å². The van der Waals surface area contributed by atoms with Crippen LogP contribution in [0.1, 0.15) is 27.8 Å². The number of pyridine rings is 1. The zero-order valence-electron chi connectivity index (χ0n) is 21.4. The third-order valence-corrected chi connectivity index (χ3v) is 7.06. The molecule has 0 aliphatic carbocycles. The molecule has 2 aliphatic heterocycles. The number of aromatic nitrogens is 4. The summed E-state index contributed by atoms with van der Waals surface area (Å²) in [6.07, 6.45) is 2.94. The van der Waals surface area contributed by atoms with Gasteiger partial charge in [0, 0.05) is 49.2 Å². The van der Waals surface area contributed by atoms with E-state index in [4.69, 9.17) is 14.0 Å². The summed E-state index contributed by atoms with van der Waals surface area (Å²) < 4.78 is 32.2. The van der Waals surface area contributed by atoms with Crippen LogP contribution in [0.2, 0.25) is 0 Å². The minimum absolute atomic E-state index is 0.103. The Morgan fingerprint density at radius 1 is 1.18 bits per heavy atom. The van der Waals surface area contributed by atoms with Crippen LogP contribution in [0.5, 0.6) is 0 Å². The maximum Gasteiger partial charge on any atom is 0.409 e. The maximum absolute atomic E-state index is 14.9. The van der Waals surface area contributed by atoms with Gasteiger partial charge in [0.15, 0.2) is 5.82 Å². The number of halogens is 1. The van der Waals surface area contributed by atoms with Gasteiger partial charge in [-0.25, -0.2) is 14.2 Å².